The molecule has 9 nitrogen and oxygen atoms in total. The van der Waals surface area contributed by atoms with E-state index in [9.17, 15) is 18.0 Å². The molecule has 0 N–H and O–H groups in total. The van der Waals surface area contributed by atoms with Gasteiger partial charge in [-0.3, -0.25) is 4.79 Å². The molecule has 4 heterocycles. The number of alkyl halides is 3. The van der Waals surface area contributed by atoms with E-state index in [2.05, 4.69) is 20.2 Å². The van der Waals surface area contributed by atoms with Crippen LogP contribution in [0.3, 0.4) is 0 Å². The average molecular weight is 471 g/mol. The normalized spacial score (nSPS) is 18.9. The number of rotatable bonds is 4. The largest absolute Gasteiger partial charge is 0.470 e. The highest BCUT2D eigenvalue weighted by Crippen LogP contribution is 2.31. The van der Waals surface area contributed by atoms with E-state index in [1.165, 1.54) is 34.0 Å². The van der Waals surface area contributed by atoms with E-state index < -0.39 is 18.0 Å². The summed E-state index contributed by atoms with van der Waals surface area (Å²) in [5.41, 5.74) is -0.0598. The second-order valence-electron chi connectivity index (χ2n) is 8.05. The maximum atomic E-state index is 13.5. The fourth-order valence-corrected chi connectivity index (χ4v) is 4.05. The number of benzene rings is 1. The van der Waals surface area contributed by atoms with E-state index in [1.54, 1.807) is 29.2 Å². The summed E-state index contributed by atoms with van der Waals surface area (Å²) in [4.78, 5) is 24.3. The van der Waals surface area contributed by atoms with E-state index in [0.29, 0.717) is 24.1 Å². The molecule has 1 unspecified atom stereocenters. The lowest BCUT2D eigenvalue weighted by Crippen LogP contribution is -2.49. The molecular formula is C22H20F3N7O2. The number of piperidine rings is 1. The van der Waals surface area contributed by atoms with Crippen molar-refractivity contribution in [2.75, 3.05) is 6.54 Å². The van der Waals surface area contributed by atoms with Crippen LogP contribution in [0.4, 0.5) is 13.2 Å². The van der Waals surface area contributed by atoms with Gasteiger partial charge < -0.3 is 14.0 Å². The lowest BCUT2D eigenvalue weighted by atomic mass is 9.99. The third kappa shape index (κ3) is 4.06. The number of ether oxygens (including phenoxy) is 1. The van der Waals surface area contributed by atoms with Crippen molar-refractivity contribution in [2.24, 2.45) is 0 Å². The lowest BCUT2D eigenvalue weighted by Gasteiger charge is -2.38. The molecule has 4 aromatic rings. The van der Waals surface area contributed by atoms with Crippen molar-refractivity contribution >= 4 is 11.6 Å². The zero-order chi connectivity index (χ0) is 23.9. The fraction of sp³-hybridized carbons (Fsp3) is 0.318. The SMILES string of the molecule is C[C@@H]1CCC(Oc2nccn3cc(C(F)(F)F)nc23)CN1C(=O)c1ccccc1-n1nccn1. The number of hydrogen-bond acceptors (Lipinski definition) is 6. The van der Waals surface area contributed by atoms with Crippen molar-refractivity contribution in [1.82, 2.24) is 34.3 Å². The van der Waals surface area contributed by atoms with Crippen molar-refractivity contribution in [3.63, 3.8) is 0 Å². The lowest BCUT2D eigenvalue weighted by molar-refractivity contribution is -0.140. The standard InChI is InChI=1S/C22H20F3N7O2/c1-14-6-7-15(34-20-19-29-18(22(23,24)25)13-30(19)11-10-26-20)12-31(14)21(33)16-4-2-3-5-17(16)32-27-8-9-28-32/h2-5,8-11,13-15H,6-7,12H2,1H3/t14-,15?/m1/s1. The van der Waals surface area contributed by atoms with Crippen molar-refractivity contribution in [3.8, 4) is 11.6 Å². The molecule has 3 aromatic heterocycles. The first kappa shape index (κ1) is 21.9. The number of imidazole rings is 1. The minimum Gasteiger partial charge on any atom is -0.470 e. The van der Waals surface area contributed by atoms with Gasteiger partial charge in [-0.05, 0) is 31.9 Å². The van der Waals surface area contributed by atoms with Crippen molar-refractivity contribution < 1.29 is 22.7 Å². The van der Waals surface area contributed by atoms with Gasteiger partial charge in [0.25, 0.3) is 11.8 Å². The first-order valence-electron chi connectivity index (χ1n) is 10.7. The summed E-state index contributed by atoms with van der Waals surface area (Å²) in [5, 5.41) is 8.25. The maximum absolute atomic E-state index is 13.5. The number of fused-ring (bicyclic) bond motifs is 1. The van der Waals surface area contributed by atoms with Gasteiger partial charge >= 0.3 is 6.18 Å². The zero-order valence-corrected chi connectivity index (χ0v) is 18.1. The molecule has 0 radical (unpaired) electrons. The molecule has 0 aliphatic carbocycles. The number of aromatic nitrogens is 6. The van der Waals surface area contributed by atoms with E-state index in [1.807, 2.05) is 6.92 Å². The summed E-state index contributed by atoms with van der Waals surface area (Å²) < 4.78 is 46.5. The number of para-hydroxylation sites is 1. The third-order valence-corrected chi connectivity index (χ3v) is 5.78. The van der Waals surface area contributed by atoms with Gasteiger partial charge in [0.2, 0.25) is 5.65 Å². The molecule has 12 heteroatoms. The van der Waals surface area contributed by atoms with Crippen molar-refractivity contribution in [2.45, 2.75) is 38.1 Å². The van der Waals surface area contributed by atoms with Crippen molar-refractivity contribution in [3.05, 3.63) is 66.5 Å². The maximum Gasteiger partial charge on any atom is 0.434 e. The Bertz CT molecular complexity index is 1320. The van der Waals surface area contributed by atoms with Crippen LogP contribution >= 0.6 is 0 Å². The number of likely N-dealkylation sites (tertiary alicyclic amines) is 1. The molecule has 0 spiro atoms. The Balaban J connectivity index is 1.39. The molecule has 1 aliphatic heterocycles. The van der Waals surface area contributed by atoms with Gasteiger partial charge in [-0.15, -0.1) is 0 Å². The van der Waals surface area contributed by atoms with Crippen LogP contribution in [0.5, 0.6) is 5.88 Å². The van der Waals surface area contributed by atoms with Gasteiger partial charge in [0.1, 0.15) is 6.10 Å². The zero-order valence-electron chi connectivity index (χ0n) is 18.1. The number of hydrogen-bond donors (Lipinski definition) is 0. The quantitative estimate of drug-likeness (QED) is 0.453. The van der Waals surface area contributed by atoms with Crippen LogP contribution in [-0.4, -0.2) is 58.9 Å². The first-order valence-corrected chi connectivity index (χ1v) is 10.7. The Morgan fingerprint density at radius 1 is 1.12 bits per heavy atom. The van der Waals surface area contributed by atoms with Crippen LogP contribution in [0, 0.1) is 0 Å². The topological polar surface area (TPSA) is 90.4 Å². The summed E-state index contributed by atoms with van der Waals surface area (Å²) in [6.45, 7) is 2.20. The summed E-state index contributed by atoms with van der Waals surface area (Å²) >= 11 is 0. The van der Waals surface area contributed by atoms with E-state index in [4.69, 9.17) is 4.74 Å². The molecular weight excluding hydrogens is 451 g/mol. The Labute approximate surface area is 191 Å². The fourth-order valence-electron chi connectivity index (χ4n) is 4.05. The van der Waals surface area contributed by atoms with E-state index in [-0.39, 0.29) is 30.0 Å². The molecule has 1 saturated heterocycles. The van der Waals surface area contributed by atoms with Gasteiger partial charge in [-0.2, -0.15) is 28.2 Å². The van der Waals surface area contributed by atoms with Gasteiger partial charge in [0.05, 0.1) is 30.2 Å². The highest BCUT2D eigenvalue weighted by Gasteiger charge is 2.35. The van der Waals surface area contributed by atoms with Gasteiger partial charge in [0, 0.05) is 24.6 Å². The summed E-state index contributed by atoms with van der Waals surface area (Å²) in [6, 6.07) is 6.98. The summed E-state index contributed by atoms with van der Waals surface area (Å²) in [5.74, 6) is -0.217. The summed E-state index contributed by atoms with van der Waals surface area (Å²) in [6.07, 6.45) is 2.92. The first-order chi connectivity index (χ1) is 16.3. The molecule has 1 aliphatic rings. The molecule has 1 fully saturated rings. The smallest absolute Gasteiger partial charge is 0.434 e. The van der Waals surface area contributed by atoms with Gasteiger partial charge in [-0.1, -0.05) is 12.1 Å². The molecule has 0 saturated carbocycles. The van der Waals surface area contributed by atoms with Crippen LogP contribution in [0.25, 0.3) is 11.3 Å². The second kappa shape index (κ2) is 8.43. The van der Waals surface area contributed by atoms with Crippen LogP contribution in [0.15, 0.2) is 55.2 Å². The monoisotopic (exact) mass is 471 g/mol. The number of carbonyl (C=O) groups excluding carboxylic acids is 1. The highest BCUT2D eigenvalue weighted by molar-refractivity contribution is 5.98. The van der Waals surface area contributed by atoms with Crippen LogP contribution in [0.2, 0.25) is 0 Å². The minimum atomic E-state index is -4.58. The number of amides is 1. The molecule has 1 amide bonds. The number of carbonyl (C=O) groups is 1. The molecule has 0 bridgehead atoms. The average Bonchev–Trinajstić information content (AvgIpc) is 3.50. The van der Waals surface area contributed by atoms with E-state index in [0.717, 1.165) is 6.20 Å². The van der Waals surface area contributed by atoms with Gasteiger partial charge in [-0.25, -0.2) is 9.97 Å². The molecule has 5 rings (SSSR count). The number of nitrogens with zero attached hydrogens (tertiary/aromatic N) is 7. The van der Waals surface area contributed by atoms with Gasteiger partial charge in [0.15, 0.2) is 5.69 Å². The minimum absolute atomic E-state index is 0.00825. The highest BCUT2D eigenvalue weighted by atomic mass is 19.4. The Kier molecular flexibility index (Phi) is 5.42. The summed E-state index contributed by atoms with van der Waals surface area (Å²) in [7, 11) is 0. The van der Waals surface area contributed by atoms with E-state index >= 15 is 0 Å². The van der Waals surface area contributed by atoms with Crippen molar-refractivity contribution in [1.29, 1.82) is 0 Å². The Morgan fingerprint density at radius 3 is 2.65 bits per heavy atom. The molecule has 176 valence electrons. The second-order valence-corrected chi connectivity index (χ2v) is 8.05. The van der Waals surface area contributed by atoms with Crippen LogP contribution < -0.4 is 4.74 Å². The van der Waals surface area contributed by atoms with Crippen LogP contribution in [0.1, 0.15) is 35.8 Å². The predicted molar refractivity (Wildman–Crippen MR) is 113 cm³/mol. The molecule has 1 aromatic carbocycles. The van der Waals surface area contributed by atoms with Crippen LogP contribution in [-0.2, 0) is 6.18 Å². The number of halogens is 3. The Morgan fingerprint density at radius 2 is 1.88 bits per heavy atom. The third-order valence-electron chi connectivity index (χ3n) is 5.78. The predicted octanol–water partition coefficient (Wildman–Crippen LogP) is 3.40. The Hall–Kier alpha value is -3.96. The molecule has 34 heavy (non-hydrogen) atoms. The molecule has 2 atom stereocenters.